The molecule has 12 rings (SSSR count). The Balaban J connectivity index is 1.09. The van der Waals surface area contributed by atoms with Crippen LogP contribution < -0.4 is 0 Å². The monoisotopic (exact) mass is 743 g/mol. The molecule has 1 aliphatic carbocycles. The third-order valence-electron chi connectivity index (χ3n) is 12.3. The van der Waals surface area contributed by atoms with E-state index in [1.807, 2.05) is 12.1 Å². The van der Waals surface area contributed by atoms with E-state index in [0.717, 1.165) is 50.9 Å². The number of fused-ring (bicyclic) bond motifs is 10. The molecule has 0 amide bonds. The van der Waals surface area contributed by atoms with Crippen LogP contribution in [0.5, 0.6) is 0 Å². The molecule has 5 nitrogen and oxygen atoms in total. The number of nitrogens with zero attached hydrogens (tertiary/aromatic N) is 5. The van der Waals surface area contributed by atoms with E-state index in [2.05, 4.69) is 203 Å². The van der Waals surface area contributed by atoms with Gasteiger partial charge in [0.2, 0.25) is 0 Å². The summed E-state index contributed by atoms with van der Waals surface area (Å²) in [5, 5.41) is 14.6. The van der Waals surface area contributed by atoms with Crippen molar-refractivity contribution in [2.75, 3.05) is 0 Å². The largest absolute Gasteiger partial charge is 0.309 e. The highest BCUT2D eigenvalue weighted by molar-refractivity contribution is 6.14. The van der Waals surface area contributed by atoms with Gasteiger partial charge in [-0.25, -0.2) is 0 Å². The minimum Gasteiger partial charge on any atom is -0.309 e. The van der Waals surface area contributed by atoms with Gasteiger partial charge in [-0.2, -0.15) is 0 Å². The Kier molecular flexibility index (Phi) is 6.91. The molecular formula is C53H37N5. The van der Waals surface area contributed by atoms with Crippen LogP contribution >= 0.6 is 0 Å². The molecule has 3 aromatic heterocycles. The maximum absolute atomic E-state index is 4.78. The topological polar surface area (TPSA) is 40.6 Å². The van der Waals surface area contributed by atoms with Gasteiger partial charge in [0, 0.05) is 49.5 Å². The SMILES string of the molecule is CC1(C)c2ccccc2-c2ccc3c(c21)c1ccccc1n3-c1cccc(-n2c3ccccc3c3ccc(-n4c(-c5ccccc5)nnc4-c4ccccc4)cc32)c1. The first-order chi connectivity index (χ1) is 28.6. The first kappa shape index (κ1) is 32.7. The Labute approximate surface area is 335 Å². The van der Waals surface area contributed by atoms with Gasteiger partial charge >= 0.3 is 0 Å². The van der Waals surface area contributed by atoms with Gasteiger partial charge in [0.05, 0.1) is 27.8 Å². The number of rotatable bonds is 5. The average Bonchev–Trinajstić information content (AvgIpc) is 4.02. The predicted molar refractivity (Wildman–Crippen MR) is 238 cm³/mol. The van der Waals surface area contributed by atoms with Gasteiger partial charge < -0.3 is 9.13 Å². The van der Waals surface area contributed by atoms with Crippen LogP contribution in [0.3, 0.4) is 0 Å². The molecule has 0 unspecified atom stereocenters. The molecule has 1 aliphatic rings. The van der Waals surface area contributed by atoms with E-state index in [9.17, 15) is 0 Å². The summed E-state index contributed by atoms with van der Waals surface area (Å²) < 4.78 is 7.07. The Morgan fingerprint density at radius 2 is 0.931 bits per heavy atom. The highest BCUT2D eigenvalue weighted by Gasteiger charge is 2.38. The maximum atomic E-state index is 4.78. The molecule has 0 fully saturated rings. The van der Waals surface area contributed by atoms with Gasteiger partial charge in [-0.1, -0.05) is 153 Å². The van der Waals surface area contributed by atoms with Crippen LogP contribution in [-0.2, 0) is 5.41 Å². The van der Waals surface area contributed by atoms with Crippen LogP contribution in [0.15, 0.2) is 188 Å². The fourth-order valence-corrected chi connectivity index (χ4v) is 9.83. The summed E-state index contributed by atoms with van der Waals surface area (Å²) >= 11 is 0. The first-order valence-corrected chi connectivity index (χ1v) is 19.9. The lowest BCUT2D eigenvalue weighted by Gasteiger charge is -2.22. The lowest BCUT2D eigenvalue weighted by Crippen LogP contribution is -2.15. The normalized spacial score (nSPS) is 13.1. The number of hydrogen-bond donors (Lipinski definition) is 0. The summed E-state index contributed by atoms with van der Waals surface area (Å²) in [5.41, 5.74) is 15.3. The molecular weight excluding hydrogens is 707 g/mol. The van der Waals surface area contributed by atoms with Gasteiger partial charge in [-0.3, -0.25) is 4.57 Å². The zero-order valence-corrected chi connectivity index (χ0v) is 32.1. The van der Waals surface area contributed by atoms with Crippen LogP contribution in [0.25, 0.3) is 94.6 Å². The van der Waals surface area contributed by atoms with E-state index < -0.39 is 0 Å². The number of hydrogen-bond acceptors (Lipinski definition) is 2. The van der Waals surface area contributed by atoms with Crippen LogP contribution in [-0.4, -0.2) is 23.9 Å². The first-order valence-electron chi connectivity index (χ1n) is 19.9. The predicted octanol–water partition coefficient (Wildman–Crippen LogP) is 13.1. The van der Waals surface area contributed by atoms with Crippen LogP contribution in [0.4, 0.5) is 0 Å². The summed E-state index contributed by atoms with van der Waals surface area (Å²) in [6.45, 7) is 4.76. The molecule has 11 aromatic rings. The summed E-state index contributed by atoms with van der Waals surface area (Å²) in [4.78, 5) is 0. The second-order valence-electron chi connectivity index (χ2n) is 15.9. The molecule has 0 aliphatic heterocycles. The molecule has 8 aromatic carbocycles. The van der Waals surface area contributed by atoms with Crippen molar-refractivity contribution in [3.05, 3.63) is 199 Å². The van der Waals surface area contributed by atoms with Crippen LogP contribution in [0.1, 0.15) is 25.0 Å². The molecule has 274 valence electrons. The quantitative estimate of drug-likeness (QED) is 0.176. The molecule has 0 saturated heterocycles. The van der Waals surface area contributed by atoms with Crippen molar-refractivity contribution in [2.24, 2.45) is 0 Å². The van der Waals surface area contributed by atoms with Crippen molar-refractivity contribution in [3.63, 3.8) is 0 Å². The van der Waals surface area contributed by atoms with E-state index in [0.29, 0.717) is 0 Å². The van der Waals surface area contributed by atoms with E-state index in [4.69, 9.17) is 10.2 Å². The van der Waals surface area contributed by atoms with Crippen molar-refractivity contribution in [1.29, 1.82) is 0 Å². The van der Waals surface area contributed by atoms with Crippen LogP contribution in [0, 0.1) is 0 Å². The van der Waals surface area contributed by atoms with Gasteiger partial charge in [0.25, 0.3) is 0 Å². The third kappa shape index (κ3) is 4.58. The molecule has 0 radical (unpaired) electrons. The van der Waals surface area contributed by atoms with E-state index in [1.165, 1.54) is 54.8 Å². The molecule has 0 spiro atoms. The average molecular weight is 744 g/mol. The molecule has 58 heavy (non-hydrogen) atoms. The Hall–Kier alpha value is -7.50. The molecule has 5 heteroatoms. The number of para-hydroxylation sites is 2. The lowest BCUT2D eigenvalue weighted by molar-refractivity contribution is 0.666. The summed E-state index contributed by atoms with van der Waals surface area (Å²) in [5.74, 6) is 1.60. The maximum Gasteiger partial charge on any atom is 0.168 e. The van der Waals surface area contributed by atoms with E-state index in [1.54, 1.807) is 0 Å². The molecule has 0 bridgehead atoms. The lowest BCUT2D eigenvalue weighted by atomic mass is 9.80. The fourth-order valence-electron chi connectivity index (χ4n) is 9.83. The minimum absolute atomic E-state index is 0.131. The zero-order valence-electron chi connectivity index (χ0n) is 32.1. The summed E-state index contributed by atoms with van der Waals surface area (Å²) in [7, 11) is 0. The second kappa shape index (κ2) is 12.2. The minimum atomic E-state index is -0.131. The fraction of sp³-hybridized carbons (Fsp3) is 0.0566. The summed E-state index contributed by atoms with van der Waals surface area (Å²) in [6, 6.07) is 67.7. The summed E-state index contributed by atoms with van der Waals surface area (Å²) in [6.07, 6.45) is 0. The standard InChI is InChI=1S/C53H37N5/c1-53(2)44-25-12-9-22-39(44)42-30-31-47-49(50(42)53)43-24-11-14-27-46(43)56(47)36-20-15-21-37(32-36)57-45-26-13-10-23-40(45)41-29-28-38(33-48(41)57)58-51(34-16-5-3-6-17-34)54-55-52(58)35-18-7-4-8-19-35/h3-33H,1-2H3. The van der Waals surface area contributed by atoms with Crippen molar-refractivity contribution in [1.82, 2.24) is 23.9 Å². The van der Waals surface area contributed by atoms with Gasteiger partial charge in [0.15, 0.2) is 11.6 Å². The second-order valence-corrected chi connectivity index (χ2v) is 15.9. The third-order valence-corrected chi connectivity index (χ3v) is 12.3. The smallest absolute Gasteiger partial charge is 0.168 e. The Bertz CT molecular complexity index is 3360. The highest BCUT2D eigenvalue weighted by atomic mass is 15.3. The molecule has 3 heterocycles. The van der Waals surface area contributed by atoms with E-state index in [-0.39, 0.29) is 5.41 Å². The van der Waals surface area contributed by atoms with Crippen molar-refractivity contribution >= 4 is 43.6 Å². The van der Waals surface area contributed by atoms with Gasteiger partial charge in [0.1, 0.15) is 0 Å². The Morgan fingerprint density at radius 3 is 1.64 bits per heavy atom. The van der Waals surface area contributed by atoms with Gasteiger partial charge in [-0.05, 0) is 70.8 Å². The molecule has 0 N–H and O–H groups in total. The van der Waals surface area contributed by atoms with E-state index >= 15 is 0 Å². The van der Waals surface area contributed by atoms with Gasteiger partial charge in [-0.15, -0.1) is 10.2 Å². The number of benzene rings is 8. The highest BCUT2D eigenvalue weighted by Crippen LogP contribution is 2.53. The van der Waals surface area contributed by atoms with Crippen LogP contribution in [0.2, 0.25) is 0 Å². The van der Waals surface area contributed by atoms with Crippen molar-refractivity contribution < 1.29 is 0 Å². The van der Waals surface area contributed by atoms with Crippen molar-refractivity contribution in [3.8, 4) is 51.0 Å². The Morgan fingerprint density at radius 1 is 0.379 bits per heavy atom. The zero-order chi connectivity index (χ0) is 38.5. The van der Waals surface area contributed by atoms with Crippen molar-refractivity contribution in [2.45, 2.75) is 19.3 Å². The molecule has 0 atom stereocenters. The number of aromatic nitrogens is 5. The molecule has 0 saturated carbocycles.